The third kappa shape index (κ3) is 9.02. The summed E-state index contributed by atoms with van der Waals surface area (Å²) in [6.45, 7) is 10.6. The molecule has 0 aliphatic carbocycles. The Labute approximate surface area is 273 Å². The molecule has 3 N–H and O–H groups in total. The SMILES string of the molecule is C.CC(=O)Oc1cccc2c1N(C(C)=O)C(C)CC2.CC(=O)Oc1cccc2c1NC(C)CC2.CC1CCc2cccc(O)c2N1. The van der Waals surface area contributed by atoms with Crippen LogP contribution in [-0.2, 0) is 33.6 Å². The maximum Gasteiger partial charge on any atom is 0.308 e. The number of aromatic hydroxyl groups is 1. The molecule has 46 heavy (non-hydrogen) atoms. The Kier molecular flexibility index (Phi) is 12.6. The fourth-order valence-electron chi connectivity index (χ4n) is 5.99. The number of para-hydroxylation sites is 3. The lowest BCUT2D eigenvalue weighted by Crippen LogP contribution is -2.41. The molecule has 0 spiro atoms. The molecule has 248 valence electrons. The maximum atomic E-state index is 11.8. The van der Waals surface area contributed by atoms with Gasteiger partial charge in [0, 0.05) is 38.9 Å². The third-order valence-electron chi connectivity index (χ3n) is 8.16. The Balaban J connectivity index is 0.000000189. The van der Waals surface area contributed by atoms with E-state index in [1.54, 1.807) is 17.0 Å². The molecule has 3 aliphatic heterocycles. The number of aryl methyl sites for hydroxylation is 3. The molecule has 0 saturated heterocycles. The summed E-state index contributed by atoms with van der Waals surface area (Å²) in [5.74, 6) is 0.823. The molecular formula is C37H49N3O6. The van der Waals surface area contributed by atoms with E-state index in [1.807, 2.05) is 37.3 Å². The number of fused-ring (bicyclic) bond motifs is 3. The molecule has 0 aromatic heterocycles. The number of ether oxygens (including phenoxy) is 2. The molecule has 3 atom stereocenters. The van der Waals surface area contributed by atoms with E-state index >= 15 is 0 Å². The maximum absolute atomic E-state index is 11.8. The van der Waals surface area contributed by atoms with Crippen LogP contribution in [0.2, 0.25) is 0 Å². The highest BCUT2D eigenvalue weighted by Crippen LogP contribution is 2.39. The van der Waals surface area contributed by atoms with Crippen LogP contribution in [-0.4, -0.2) is 41.1 Å². The number of phenolic OH excluding ortho intramolecular Hbond substituents is 1. The van der Waals surface area contributed by atoms with Gasteiger partial charge in [0.2, 0.25) is 5.91 Å². The number of anilines is 3. The number of carbonyl (C=O) groups excluding carboxylic acids is 3. The van der Waals surface area contributed by atoms with Crippen LogP contribution in [0.25, 0.3) is 0 Å². The Bertz CT molecular complexity index is 1540. The molecule has 0 fully saturated rings. The van der Waals surface area contributed by atoms with Gasteiger partial charge in [-0.1, -0.05) is 43.8 Å². The standard InChI is InChI=1S/C14H17NO3.C12H15NO2.C10H13NO.CH4/c1-9-7-8-12-5-4-6-13(18-11(3)17)14(12)15(9)10(2)16;1-8-6-7-10-4-3-5-11(12(10)13-8)15-9(2)14;1-7-5-6-8-3-2-4-9(12)10(8)11-7;/h4-6,9H,7-8H2,1-3H3;3-5,8,13H,6-7H2,1-2H3;2-4,7,11-12H,5-6H2,1H3;1H4. The largest absolute Gasteiger partial charge is 0.506 e. The average Bonchev–Trinajstić information content (AvgIpc) is 2.98. The number of carbonyl (C=O) groups is 3. The molecule has 0 radical (unpaired) electrons. The molecule has 6 rings (SSSR count). The van der Waals surface area contributed by atoms with Crippen molar-refractivity contribution in [2.45, 2.75) is 106 Å². The van der Waals surface area contributed by atoms with Gasteiger partial charge in [0.05, 0.1) is 17.1 Å². The second-order valence-electron chi connectivity index (χ2n) is 12.0. The van der Waals surface area contributed by atoms with Gasteiger partial charge in [-0.3, -0.25) is 14.4 Å². The molecule has 3 unspecified atom stereocenters. The number of rotatable bonds is 2. The minimum Gasteiger partial charge on any atom is -0.506 e. The normalized spacial score (nSPS) is 18.8. The molecule has 1 amide bonds. The van der Waals surface area contributed by atoms with Crippen molar-refractivity contribution in [3.63, 3.8) is 0 Å². The lowest BCUT2D eigenvalue weighted by Gasteiger charge is -2.35. The van der Waals surface area contributed by atoms with Crippen LogP contribution in [0.15, 0.2) is 54.6 Å². The van der Waals surface area contributed by atoms with E-state index in [0.29, 0.717) is 29.3 Å². The van der Waals surface area contributed by atoms with E-state index in [-0.39, 0.29) is 31.3 Å². The Morgan fingerprint density at radius 1 is 0.696 bits per heavy atom. The van der Waals surface area contributed by atoms with Crippen molar-refractivity contribution < 1.29 is 29.0 Å². The lowest BCUT2D eigenvalue weighted by molar-refractivity contribution is -0.132. The highest BCUT2D eigenvalue weighted by Gasteiger charge is 2.29. The van der Waals surface area contributed by atoms with Gasteiger partial charge in [-0.25, -0.2) is 0 Å². The van der Waals surface area contributed by atoms with Crippen molar-refractivity contribution in [1.29, 1.82) is 0 Å². The minimum atomic E-state index is -0.370. The number of esters is 2. The van der Waals surface area contributed by atoms with Gasteiger partial charge >= 0.3 is 11.9 Å². The predicted octanol–water partition coefficient (Wildman–Crippen LogP) is 7.43. The molecule has 3 aromatic rings. The number of hydrogen-bond donors (Lipinski definition) is 3. The number of nitrogens with zero attached hydrogens (tertiary/aromatic N) is 1. The summed E-state index contributed by atoms with van der Waals surface area (Å²) < 4.78 is 10.4. The van der Waals surface area contributed by atoms with E-state index in [9.17, 15) is 19.5 Å². The van der Waals surface area contributed by atoms with Crippen LogP contribution in [0.4, 0.5) is 17.1 Å². The van der Waals surface area contributed by atoms with Crippen molar-refractivity contribution in [2.75, 3.05) is 15.5 Å². The molecule has 0 saturated carbocycles. The summed E-state index contributed by atoms with van der Waals surface area (Å²) in [4.78, 5) is 35.6. The van der Waals surface area contributed by atoms with Crippen molar-refractivity contribution >= 4 is 34.9 Å². The van der Waals surface area contributed by atoms with Crippen LogP contribution < -0.4 is 25.0 Å². The minimum absolute atomic E-state index is 0. The fourth-order valence-corrected chi connectivity index (χ4v) is 5.99. The van der Waals surface area contributed by atoms with Crippen LogP contribution >= 0.6 is 0 Å². The second kappa shape index (κ2) is 16.2. The van der Waals surface area contributed by atoms with Crippen molar-refractivity contribution in [1.82, 2.24) is 0 Å². The lowest BCUT2D eigenvalue weighted by atomic mass is 9.96. The molecule has 3 heterocycles. The zero-order valence-corrected chi connectivity index (χ0v) is 27.1. The van der Waals surface area contributed by atoms with Gasteiger partial charge in [0.25, 0.3) is 0 Å². The number of amides is 1. The highest BCUT2D eigenvalue weighted by molar-refractivity contribution is 5.96. The summed E-state index contributed by atoms with van der Waals surface area (Å²) in [6, 6.07) is 18.1. The first-order valence-electron chi connectivity index (χ1n) is 15.7. The first kappa shape index (κ1) is 35.9. The first-order chi connectivity index (χ1) is 21.4. The fraction of sp³-hybridized carbons (Fsp3) is 0.432. The van der Waals surface area contributed by atoms with Gasteiger partial charge in [-0.05, 0) is 94.2 Å². The van der Waals surface area contributed by atoms with E-state index in [0.717, 1.165) is 61.2 Å². The van der Waals surface area contributed by atoms with Crippen LogP contribution in [0.5, 0.6) is 17.2 Å². The summed E-state index contributed by atoms with van der Waals surface area (Å²) in [5, 5.41) is 16.1. The van der Waals surface area contributed by atoms with Gasteiger partial charge in [0.15, 0.2) is 11.5 Å². The Morgan fingerprint density at radius 3 is 1.76 bits per heavy atom. The van der Waals surface area contributed by atoms with Crippen LogP contribution in [0.3, 0.4) is 0 Å². The summed E-state index contributed by atoms with van der Waals surface area (Å²) in [5.41, 5.74) is 6.17. The van der Waals surface area contributed by atoms with Gasteiger partial charge in [-0.2, -0.15) is 0 Å². The number of phenols is 1. The summed E-state index contributed by atoms with van der Waals surface area (Å²) in [6.07, 6.45) is 6.20. The topological polar surface area (TPSA) is 117 Å². The Morgan fingerprint density at radius 2 is 1.17 bits per heavy atom. The molecule has 3 aromatic carbocycles. The number of hydrogen-bond acceptors (Lipinski definition) is 8. The summed E-state index contributed by atoms with van der Waals surface area (Å²) in [7, 11) is 0. The molecule has 9 heteroatoms. The number of nitrogens with one attached hydrogen (secondary N) is 2. The van der Waals surface area contributed by atoms with Crippen molar-refractivity contribution in [3.05, 3.63) is 71.3 Å². The summed E-state index contributed by atoms with van der Waals surface area (Å²) >= 11 is 0. The highest BCUT2D eigenvalue weighted by atomic mass is 16.5. The molecule has 9 nitrogen and oxygen atoms in total. The Hall–Kier alpha value is -4.53. The van der Waals surface area contributed by atoms with Gasteiger partial charge in [-0.15, -0.1) is 0 Å². The molecule has 3 aliphatic rings. The average molecular weight is 632 g/mol. The van der Waals surface area contributed by atoms with Gasteiger partial charge in [0.1, 0.15) is 5.75 Å². The van der Waals surface area contributed by atoms with Gasteiger partial charge < -0.3 is 30.1 Å². The zero-order chi connectivity index (χ0) is 32.7. The molecular weight excluding hydrogens is 582 g/mol. The van der Waals surface area contributed by atoms with Crippen LogP contribution in [0.1, 0.15) is 84.9 Å². The quantitative estimate of drug-likeness (QED) is 0.152. The number of benzene rings is 3. The van der Waals surface area contributed by atoms with Crippen LogP contribution in [0, 0.1) is 0 Å². The van der Waals surface area contributed by atoms with E-state index in [1.165, 1.54) is 31.9 Å². The van der Waals surface area contributed by atoms with E-state index < -0.39 is 0 Å². The van der Waals surface area contributed by atoms with Crippen molar-refractivity contribution in [3.8, 4) is 17.2 Å². The second-order valence-corrected chi connectivity index (χ2v) is 12.0. The first-order valence-corrected chi connectivity index (χ1v) is 15.7. The third-order valence-corrected chi connectivity index (χ3v) is 8.16. The van der Waals surface area contributed by atoms with Crippen molar-refractivity contribution in [2.24, 2.45) is 0 Å². The predicted molar refractivity (Wildman–Crippen MR) is 184 cm³/mol. The monoisotopic (exact) mass is 631 g/mol. The van der Waals surface area contributed by atoms with E-state index in [4.69, 9.17) is 9.47 Å². The molecule has 0 bridgehead atoms. The zero-order valence-electron chi connectivity index (χ0n) is 27.1. The van der Waals surface area contributed by atoms with E-state index in [2.05, 4.69) is 36.6 Å². The smallest absolute Gasteiger partial charge is 0.308 e.